The fourth-order valence-corrected chi connectivity index (χ4v) is 1.96. The highest BCUT2D eigenvalue weighted by Crippen LogP contribution is 2.34. The third kappa shape index (κ3) is 3.58. The summed E-state index contributed by atoms with van der Waals surface area (Å²) in [5, 5.41) is 11.5. The molecule has 7 heteroatoms. The third-order valence-electron chi connectivity index (χ3n) is 2.68. The second-order valence-electron chi connectivity index (χ2n) is 4.27. The molecule has 108 valence electrons. The van der Waals surface area contributed by atoms with E-state index in [2.05, 4.69) is 5.32 Å². The number of halogens is 4. The standard InChI is InChI=1S/C14H9ClF3N3/c15-10-4-9(14(16,17)18)5-11(6-10)21-13-2-1-8(7-19)3-12(13)20/h1-6,21H,20H2. The van der Waals surface area contributed by atoms with Gasteiger partial charge in [0.15, 0.2) is 0 Å². The maximum atomic E-state index is 12.7. The van der Waals surface area contributed by atoms with Crippen molar-refractivity contribution >= 4 is 28.7 Å². The van der Waals surface area contributed by atoms with Crippen LogP contribution in [0, 0.1) is 11.3 Å². The van der Waals surface area contributed by atoms with Crippen LogP contribution in [-0.2, 0) is 6.18 Å². The van der Waals surface area contributed by atoms with Crippen LogP contribution in [0.3, 0.4) is 0 Å². The predicted molar refractivity (Wildman–Crippen MR) is 75.3 cm³/mol. The van der Waals surface area contributed by atoms with Gasteiger partial charge in [0, 0.05) is 10.7 Å². The van der Waals surface area contributed by atoms with Gasteiger partial charge in [-0.15, -0.1) is 0 Å². The number of nitrogens with zero attached hydrogens (tertiary/aromatic N) is 1. The molecule has 3 nitrogen and oxygen atoms in total. The van der Waals surface area contributed by atoms with Crippen LogP contribution in [0.25, 0.3) is 0 Å². The molecule has 0 aliphatic rings. The van der Waals surface area contributed by atoms with E-state index in [9.17, 15) is 13.2 Å². The molecule has 2 rings (SSSR count). The van der Waals surface area contributed by atoms with Crippen LogP contribution in [0.2, 0.25) is 5.02 Å². The number of anilines is 3. The van der Waals surface area contributed by atoms with Crippen LogP contribution in [-0.4, -0.2) is 0 Å². The predicted octanol–water partition coefficient (Wildman–Crippen LogP) is 4.56. The number of nitriles is 1. The van der Waals surface area contributed by atoms with Crippen LogP contribution < -0.4 is 11.1 Å². The van der Waals surface area contributed by atoms with E-state index in [4.69, 9.17) is 22.6 Å². The van der Waals surface area contributed by atoms with Crippen molar-refractivity contribution in [1.82, 2.24) is 0 Å². The molecule has 2 aromatic carbocycles. The normalized spacial score (nSPS) is 11.0. The number of nitrogens with two attached hydrogens (primary N) is 1. The average Bonchev–Trinajstić information content (AvgIpc) is 2.39. The lowest BCUT2D eigenvalue weighted by molar-refractivity contribution is -0.137. The van der Waals surface area contributed by atoms with Crippen molar-refractivity contribution in [2.24, 2.45) is 0 Å². The number of alkyl halides is 3. The first-order valence-corrected chi connectivity index (χ1v) is 6.12. The molecule has 0 unspecified atom stereocenters. The molecule has 0 aromatic heterocycles. The Bertz CT molecular complexity index is 720. The molecular formula is C14H9ClF3N3. The summed E-state index contributed by atoms with van der Waals surface area (Å²) in [6.45, 7) is 0. The van der Waals surface area contributed by atoms with E-state index >= 15 is 0 Å². The molecule has 0 bridgehead atoms. The van der Waals surface area contributed by atoms with Gasteiger partial charge in [-0.25, -0.2) is 0 Å². The zero-order valence-corrected chi connectivity index (χ0v) is 11.3. The largest absolute Gasteiger partial charge is 0.416 e. The van der Waals surface area contributed by atoms with Gasteiger partial charge in [-0.05, 0) is 36.4 Å². The highest BCUT2D eigenvalue weighted by molar-refractivity contribution is 6.31. The second kappa shape index (κ2) is 5.54. The summed E-state index contributed by atoms with van der Waals surface area (Å²) in [4.78, 5) is 0. The molecule has 0 atom stereocenters. The molecule has 0 spiro atoms. The Balaban J connectivity index is 2.36. The Labute approximate surface area is 123 Å². The van der Waals surface area contributed by atoms with Gasteiger partial charge >= 0.3 is 6.18 Å². The smallest absolute Gasteiger partial charge is 0.397 e. The number of benzene rings is 2. The van der Waals surface area contributed by atoms with Crippen molar-refractivity contribution in [2.75, 3.05) is 11.1 Å². The minimum atomic E-state index is -4.49. The number of hydrogen-bond donors (Lipinski definition) is 2. The van der Waals surface area contributed by atoms with Crippen molar-refractivity contribution in [1.29, 1.82) is 5.26 Å². The molecular weight excluding hydrogens is 303 g/mol. The van der Waals surface area contributed by atoms with Gasteiger partial charge in [-0.1, -0.05) is 11.6 Å². The first kappa shape index (κ1) is 15.0. The van der Waals surface area contributed by atoms with Crippen LogP contribution in [0.4, 0.5) is 30.2 Å². The van der Waals surface area contributed by atoms with E-state index < -0.39 is 11.7 Å². The van der Waals surface area contributed by atoms with Gasteiger partial charge in [0.25, 0.3) is 0 Å². The Kier molecular flexibility index (Phi) is 3.96. The van der Waals surface area contributed by atoms with Crippen molar-refractivity contribution < 1.29 is 13.2 Å². The number of nitrogens with one attached hydrogen (secondary N) is 1. The van der Waals surface area contributed by atoms with Gasteiger partial charge in [-0.3, -0.25) is 0 Å². The summed E-state index contributed by atoms with van der Waals surface area (Å²) in [5.41, 5.74) is 6.05. The summed E-state index contributed by atoms with van der Waals surface area (Å²) in [5.74, 6) is 0. The Morgan fingerprint density at radius 2 is 1.86 bits per heavy atom. The lowest BCUT2D eigenvalue weighted by atomic mass is 10.1. The van der Waals surface area contributed by atoms with Gasteiger partial charge in [0.05, 0.1) is 28.6 Å². The minimum Gasteiger partial charge on any atom is -0.397 e. The maximum absolute atomic E-state index is 12.7. The molecule has 0 fully saturated rings. The van der Waals surface area contributed by atoms with E-state index in [-0.39, 0.29) is 16.4 Å². The molecule has 3 N–H and O–H groups in total. The third-order valence-corrected chi connectivity index (χ3v) is 2.90. The summed E-state index contributed by atoms with van der Waals surface area (Å²) in [7, 11) is 0. The quantitative estimate of drug-likeness (QED) is 0.799. The minimum absolute atomic E-state index is 0.0421. The molecule has 2 aromatic rings. The van der Waals surface area contributed by atoms with Crippen LogP contribution in [0.5, 0.6) is 0 Å². The summed E-state index contributed by atoms with van der Waals surface area (Å²) in [6.07, 6.45) is -4.49. The SMILES string of the molecule is N#Cc1ccc(Nc2cc(Cl)cc(C(F)(F)F)c2)c(N)c1. The zero-order valence-electron chi connectivity index (χ0n) is 10.5. The monoisotopic (exact) mass is 311 g/mol. The van der Waals surface area contributed by atoms with Gasteiger partial charge in [0.1, 0.15) is 0 Å². The average molecular weight is 312 g/mol. The summed E-state index contributed by atoms with van der Waals surface area (Å²) < 4.78 is 38.2. The van der Waals surface area contributed by atoms with Crippen molar-refractivity contribution in [2.45, 2.75) is 6.18 Å². The lowest BCUT2D eigenvalue weighted by Gasteiger charge is -2.13. The van der Waals surface area contributed by atoms with E-state index in [1.807, 2.05) is 6.07 Å². The topological polar surface area (TPSA) is 61.8 Å². The lowest BCUT2D eigenvalue weighted by Crippen LogP contribution is -2.06. The van der Waals surface area contributed by atoms with Crippen molar-refractivity contribution in [3.05, 3.63) is 52.5 Å². The summed E-state index contributed by atoms with van der Waals surface area (Å²) in [6, 6.07) is 9.50. The van der Waals surface area contributed by atoms with Gasteiger partial charge < -0.3 is 11.1 Å². The highest BCUT2D eigenvalue weighted by atomic mass is 35.5. The van der Waals surface area contributed by atoms with Crippen LogP contribution in [0.1, 0.15) is 11.1 Å². The first-order chi connectivity index (χ1) is 9.79. The first-order valence-electron chi connectivity index (χ1n) is 5.74. The molecule has 0 saturated heterocycles. The van der Waals surface area contributed by atoms with Crippen molar-refractivity contribution in [3.8, 4) is 6.07 Å². The van der Waals surface area contributed by atoms with E-state index in [0.29, 0.717) is 11.3 Å². The summed E-state index contributed by atoms with van der Waals surface area (Å²) >= 11 is 5.70. The number of hydrogen-bond acceptors (Lipinski definition) is 3. The van der Waals surface area contributed by atoms with E-state index in [0.717, 1.165) is 12.1 Å². The second-order valence-corrected chi connectivity index (χ2v) is 4.70. The molecule has 0 aliphatic carbocycles. The van der Waals surface area contributed by atoms with Crippen LogP contribution in [0.15, 0.2) is 36.4 Å². The molecule has 0 amide bonds. The maximum Gasteiger partial charge on any atom is 0.416 e. The Morgan fingerprint density at radius 1 is 1.14 bits per heavy atom. The fourth-order valence-electron chi connectivity index (χ4n) is 1.73. The van der Waals surface area contributed by atoms with Gasteiger partial charge in [-0.2, -0.15) is 18.4 Å². The Hall–Kier alpha value is -2.39. The van der Waals surface area contributed by atoms with E-state index in [1.165, 1.54) is 24.3 Å². The molecule has 0 aliphatic heterocycles. The van der Waals surface area contributed by atoms with Crippen LogP contribution >= 0.6 is 11.6 Å². The fraction of sp³-hybridized carbons (Fsp3) is 0.0714. The van der Waals surface area contributed by atoms with E-state index in [1.54, 1.807) is 0 Å². The molecule has 0 heterocycles. The van der Waals surface area contributed by atoms with Gasteiger partial charge in [0.2, 0.25) is 0 Å². The molecule has 21 heavy (non-hydrogen) atoms. The molecule has 0 radical (unpaired) electrons. The highest BCUT2D eigenvalue weighted by Gasteiger charge is 2.31. The number of nitrogen functional groups attached to an aromatic ring is 1. The number of rotatable bonds is 2. The zero-order chi connectivity index (χ0) is 15.6. The molecule has 0 saturated carbocycles. The van der Waals surface area contributed by atoms with Crippen molar-refractivity contribution in [3.63, 3.8) is 0 Å². The Morgan fingerprint density at radius 3 is 2.43 bits per heavy atom.